The molecule has 4 N–H and O–H groups in total. The van der Waals surface area contributed by atoms with Crippen molar-refractivity contribution in [1.29, 1.82) is 0 Å². The van der Waals surface area contributed by atoms with Gasteiger partial charge in [-0.05, 0) is 60.2 Å². The number of hydrogen-bond donors (Lipinski definition) is 4. The number of carbonyl (C=O) groups excluding carboxylic acids is 4. The van der Waals surface area contributed by atoms with Gasteiger partial charge in [-0.25, -0.2) is 4.79 Å². The maximum Gasteiger partial charge on any atom is 0.318 e. The fourth-order valence-electron chi connectivity index (χ4n) is 7.19. The number of likely N-dealkylation sites (N-methyl/N-ethyl adjacent to an activating group) is 1. The van der Waals surface area contributed by atoms with Crippen LogP contribution in [0, 0.1) is 5.92 Å². The Morgan fingerprint density at radius 2 is 1.84 bits per heavy atom. The number of pyridine rings is 1. The first kappa shape index (κ1) is 30.3. The van der Waals surface area contributed by atoms with E-state index in [2.05, 4.69) is 31.3 Å². The number of carbonyl (C=O) groups is 4. The van der Waals surface area contributed by atoms with Gasteiger partial charge >= 0.3 is 6.03 Å². The molecular formula is C33H40N8O4. The highest BCUT2D eigenvalue weighted by Crippen LogP contribution is 2.38. The van der Waals surface area contributed by atoms with Crippen molar-refractivity contribution in [2.45, 2.75) is 69.0 Å². The summed E-state index contributed by atoms with van der Waals surface area (Å²) in [4.78, 5) is 59.7. The van der Waals surface area contributed by atoms with Crippen molar-refractivity contribution in [3.63, 3.8) is 0 Å². The first-order chi connectivity index (χ1) is 21.8. The van der Waals surface area contributed by atoms with Crippen LogP contribution in [0.25, 0.3) is 0 Å². The van der Waals surface area contributed by atoms with Crippen molar-refractivity contribution in [3.8, 4) is 0 Å². The average molecular weight is 613 g/mol. The van der Waals surface area contributed by atoms with E-state index in [1.165, 1.54) is 4.68 Å². The fourth-order valence-corrected chi connectivity index (χ4v) is 7.19. The Kier molecular flexibility index (Phi) is 8.55. The number of aryl methyl sites for hydroxylation is 1. The summed E-state index contributed by atoms with van der Waals surface area (Å²) in [6.45, 7) is 0.375. The molecule has 3 heterocycles. The number of aromatic nitrogens is 3. The first-order valence-electron chi connectivity index (χ1n) is 15.7. The summed E-state index contributed by atoms with van der Waals surface area (Å²) in [6, 6.07) is 11.8. The molecule has 1 unspecified atom stereocenters. The van der Waals surface area contributed by atoms with Gasteiger partial charge in [-0.15, -0.1) is 0 Å². The lowest BCUT2D eigenvalue weighted by atomic mass is 9.83. The van der Waals surface area contributed by atoms with Crippen LogP contribution in [-0.2, 0) is 35.9 Å². The monoisotopic (exact) mass is 612 g/mol. The lowest BCUT2D eigenvalue weighted by Crippen LogP contribution is -2.60. The van der Waals surface area contributed by atoms with E-state index < -0.39 is 11.6 Å². The molecule has 1 aliphatic heterocycles. The molecule has 3 atom stereocenters. The third-order valence-electron chi connectivity index (χ3n) is 9.51. The zero-order valence-electron chi connectivity index (χ0n) is 25.7. The largest absolute Gasteiger partial charge is 0.357 e. The van der Waals surface area contributed by atoms with Crippen LogP contribution in [0.4, 0.5) is 10.5 Å². The molecule has 0 bridgehead atoms. The highest BCUT2D eigenvalue weighted by molar-refractivity contribution is 6.01. The number of amides is 5. The topological polar surface area (TPSA) is 150 Å². The smallest absolute Gasteiger partial charge is 0.318 e. The lowest BCUT2D eigenvalue weighted by Gasteiger charge is -2.36. The van der Waals surface area contributed by atoms with Crippen molar-refractivity contribution in [2.75, 3.05) is 18.9 Å². The summed E-state index contributed by atoms with van der Waals surface area (Å²) >= 11 is 0. The van der Waals surface area contributed by atoms with Crippen LogP contribution in [0.5, 0.6) is 0 Å². The number of rotatable bonds is 9. The SMILES string of the molecule is CNC(=O)C1(N2C[C@@H](Cc3ccccn3)NC2=O)Cc2ccc(NC(=O)[C@@H](NC(=O)c3ccnn3C)C3CCCCC3)cc2C1. The molecule has 1 saturated carbocycles. The van der Waals surface area contributed by atoms with Crippen molar-refractivity contribution in [3.05, 3.63) is 77.4 Å². The van der Waals surface area contributed by atoms with Gasteiger partial charge < -0.3 is 26.2 Å². The van der Waals surface area contributed by atoms with Crippen LogP contribution in [0.15, 0.2) is 54.9 Å². The summed E-state index contributed by atoms with van der Waals surface area (Å²) in [5.41, 5.74) is 2.60. The Balaban J connectivity index is 1.19. The van der Waals surface area contributed by atoms with Crippen LogP contribution < -0.4 is 21.3 Å². The number of benzene rings is 1. The molecular weight excluding hydrogens is 572 g/mol. The molecule has 12 nitrogen and oxygen atoms in total. The maximum absolute atomic E-state index is 13.7. The Morgan fingerprint density at radius 3 is 2.56 bits per heavy atom. The molecule has 5 amide bonds. The van der Waals surface area contributed by atoms with E-state index in [4.69, 9.17) is 0 Å². The van der Waals surface area contributed by atoms with E-state index in [9.17, 15) is 19.2 Å². The molecule has 1 saturated heterocycles. The second-order valence-electron chi connectivity index (χ2n) is 12.4. The minimum atomic E-state index is -1.09. The number of anilines is 1. The maximum atomic E-state index is 13.7. The molecule has 0 spiro atoms. The van der Waals surface area contributed by atoms with E-state index in [0.29, 0.717) is 37.2 Å². The van der Waals surface area contributed by atoms with Crippen LogP contribution in [0.3, 0.4) is 0 Å². The fraction of sp³-hybridized carbons (Fsp3) is 0.455. The van der Waals surface area contributed by atoms with Crippen molar-refractivity contribution in [2.24, 2.45) is 13.0 Å². The predicted octanol–water partition coefficient (Wildman–Crippen LogP) is 2.35. The van der Waals surface area contributed by atoms with Crippen molar-refractivity contribution in [1.82, 2.24) is 35.6 Å². The summed E-state index contributed by atoms with van der Waals surface area (Å²) in [6.07, 6.45) is 9.42. The number of fused-ring (bicyclic) bond motifs is 1. The van der Waals surface area contributed by atoms with Gasteiger partial charge in [0.1, 0.15) is 17.3 Å². The minimum Gasteiger partial charge on any atom is -0.357 e. The van der Waals surface area contributed by atoms with Gasteiger partial charge in [-0.3, -0.25) is 24.0 Å². The molecule has 3 aliphatic rings. The second kappa shape index (κ2) is 12.7. The molecule has 1 aromatic carbocycles. The van der Waals surface area contributed by atoms with Crippen LogP contribution >= 0.6 is 0 Å². The summed E-state index contributed by atoms with van der Waals surface area (Å²) in [7, 11) is 3.28. The quantitative estimate of drug-likeness (QED) is 0.291. The highest BCUT2D eigenvalue weighted by Gasteiger charge is 2.53. The molecule has 2 aliphatic carbocycles. The van der Waals surface area contributed by atoms with Gasteiger partial charge in [-0.2, -0.15) is 5.10 Å². The molecule has 2 fully saturated rings. The Morgan fingerprint density at radius 1 is 1.04 bits per heavy atom. The van der Waals surface area contributed by atoms with Crippen molar-refractivity contribution >= 4 is 29.4 Å². The van der Waals surface area contributed by atoms with Gasteiger partial charge in [0.05, 0.1) is 6.04 Å². The van der Waals surface area contributed by atoms with Gasteiger partial charge in [-0.1, -0.05) is 31.4 Å². The van der Waals surface area contributed by atoms with E-state index in [1.807, 2.05) is 36.4 Å². The average Bonchev–Trinajstić information content (AvgIpc) is 3.76. The van der Waals surface area contributed by atoms with E-state index >= 15 is 0 Å². The van der Waals surface area contributed by atoms with E-state index in [0.717, 1.165) is 48.9 Å². The molecule has 6 rings (SSSR count). The van der Waals surface area contributed by atoms with Crippen molar-refractivity contribution < 1.29 is 19.2 Å². The van der Waals surface area contributed by atoms with E-state index in [1.54, 1.807) is 37.5 Å². The Bertz CT molecular complexity index is 1580. The normalized spacial score (nSPS) is 22.0. The van der Waals surface area contributed by atoms with Crippen LogP contribution in [0.2, 0.25) is 0 Å². The van der Waals surface area contributed by atoms with Crippen LogP contribution in [0.1, 0.15) is 59.4 Å². The Labute approximate surface area is 262 Å². The minimum absolute atomic E-state index is 0.0268. The first-order valence-corrected chi connectivity index (χ1v) is 15.7. The van der Waals surface area contributed by atoms with Gasteiger partial charge in [0.2, 0.25) is 11.8 Å². The van der Waals surface area contributed by atoms with Crippen LogP contribution in [-0.4, -0.2) is 74.6 Å². The van der Waals surface area contributed by atoms with Gasteiger partial charge in [0, 0.05) is 63.7 Å². The predicted molar refractivity (Wildman–Crippen MR) is 167 cm³/mol. The Hall–Kier alpha value is -4.74. The number of urea groups is 1. The third kappa shape index (κ3) is 6.13. The zero-order valence-corrected chi connectivity index (χ0v) is 25.7. The number of nitrogens with one attached hydrogen (secondary N) is 4. The van der Waals surface area contributed by atoms with E-state index in [-0.39, 0.29) is 35.7 Å². The zero-order chi connectivity index (χ0) is 31.6. The molecule has 45 heavy (non-hydrogen) atoms. The van der Waals surface area contributed by atoms with Gasteiger partial charge in [0.25, 0.3) is 5.91 Å². The molecule has 236 valence electrons. The molecule has 3 aromatic rings. The molecule has 12 heteroatoms. The third-order valence-corrected chi connectivity index (χ3v) is 9.51. The second-order valence-corrected chi connectivity index (χ2v) is 12.4. The standard InChI is InChI=1S/C33H40N8O4/c1-34-31(44)33(41-20-26(38-32(41)45)17-24-10-6-7-14-35-24)18-22-11-12-25(16-23(22)19-33)37-30(43)28(21-8-4-3-5-9-21)39-29(42)27-13-15-36-40(27)2/h6-7,10-16,21,26,28H,3-5,8-9,17-20H2,1-2H3,(H,34,44)(H,37,43)(H,38,45)(H,39,42)/t26-,28+,33?/m1/s1. The number of hydrogen-bond acceptors (Lipinski definition) is 6. The lowest BCUT2D eigenvalue weighted by molar-refractivity contribution is -0.130. The van der Waals surface area contributed by atoms with Gasteiger partial charge in [0.15, 0.2) is 0 Å². The highest BCUT2D eigenvalue weighted by atomic mass is 16.2. The molecule has 2 aromatic heterocycles. The molecule has 0 radical (unpaired) electrons. The summed E-state index contributed by atoms with van der Waals surface area (Å²) < 4.78 is 1.49. The summed E-state index contributed by atoms with van der Waals surface area (Å²) in [5.74, 6) is -0.813. The number of nitrogens with zero attached hydrogens (tertiary/aromatic N) is 4. The summed E-state index contributed by atoms with van der Waals surface area (Å²) in [5, 5.41) is 15.9.